The molecule has 0 amide bonds. The van der Waals surface area contributed by atoms with Gasteiger partial charge in [0.05, 0.1) is 12.0 Å². The lowest BCUT2D eigenvalue weighted by Gasteiger charge is -2.04. The Labute approximate surface area is 118 Å². The fourth-order valence-corrected chi connectivity index (χ4v) is 2.95. The van der Waals surface area contributed by atoms with Crippen molar-refractivity contribution in [3.63, 3.8) is 0 Å². The van der Waals surface area contributed by atoms with E-state index in [1.165, 1.54) is 30.6 Å². The summed E-state index contributed by atoms with van der Waals surface area (Å²) >= 11 is 1.32. The molecule has 0 atom stereocenters. The highest BCUT2D eigenvalue weighted by atomic mass is 32.1. The molecule has 0 aliphatic rings. The molecule has 0 bridgehead atoms. The summed E-state index contributed by atoms with van der Waals surface area (Å²) in [4.78, 5) is 17.0. The number of hydrogen-bond acceptors (Lipinski definition) is 4. The third-order valence-electron chi connectivity index (χ3n) is 2.91. The van der Waals surface area contributed by atoms with Gasteiger partial charge in [-0.1, -0.05) is 0 Å². The third-order valence-corrected chi connectivity index (χ3v) is 4.02. The summed E-state index contributed by atoms with van der Waals surface area (Å²) in [6, 6.07) is 9.54. The molecule has 3 rings (SSSR count). The van der Waals surface area contributed by atoms with E-state index in [-0.39, 0.29) is 17.3 Å². The highest BCUT2D eigenvalue weighted by Gasteiger charge is 2.18. The Morgan fingerprint density at radius 1 is 1.30 bits per heavy atom. The SMILES string of the molecule is COc1cccnc1C(=O)c1cc2cc(F)ccc2s1. The van der Waals surface area contributed by atoms with Crippen molar-refractivity contribution >= 4 is 27.2 Å². The lowest BCUT2D eigenvalue weighted by Crippen LogP contribution is -2.04. The second-order valence-corrected chi connectivity index (χ2v) is 5.26. The van der Waals surface area contributed by atoms with Crippen LogP contribution in [0.5, 0.6) is 5.75 Å². The van der Waals surface area contributed by atoms with Gasteiger partial charge >= 0.3 is 0 Å². The van der Waals surface area contributed by atoms with Crippen LogP contribution in [0.3, 0.4) is 0 Å². The molecule has 2 aromatic heterocycles. The monoisotopic (exact) mass is 287 g/mol. The molecule has 0 aliphatic carbocycles. The molecule has 0 N–H and O–H groups in total. The Morgan fingerprint density at radius 3 is 2.95 bits per heavy atom. The van der Waals surface area contributed by atoms with Crippen molar-refractivity contribution < 1.29 is 13.9 Å². The number of nitrogens with zero attached hydrogens (tertiary/aromatic N) is 1. The summed E-state index contributed by atoms with van der Waals surface area (Å²) in [6.07, 6.45) is 1.54. The summed E-state index contributed by atoms with van der Waals surface area (Å²) < 4.78 is 19.2. The van der Waals surface area contributed by atoms with Gasteiger partial charge < -0.3 is 4.74 Å². The van der Waals surface area contributed by atoms with Gasteiger partial charge in [-0.15, -0.1) is 11.3 Å². The molecule has 0 saturated heterocycles. The van der Waals surface area contributed by atoms with Crippen LogP contribution in [0, 0.1) is 5.82 Å². The van der Waals surface area contributed by atoms with Crippen molar-refractivity contribution in [3.05, 3.63) is 59.0 Å². The van der Waals surface area contributed by atoms with Gasteiger partial charge in [-0.2, -0.15) is 0 Å². The summed E-state index contributed by atoms with van der Waals surface area (Å²) in [7, 11) is 1.49. The minimum absolute atomic E-state index is 0.218. The second kappa shape index (κ2) is 5.02. The molecule has 0 aliphatic heterocycles. The van der Waals surface area contributed by atoms with Gasteiger partial charge in [0.2, 0.25) is 5.78 Å². The summed E-state index contributed by atoms with van der Waals surface area (Å²) in [5, 5.41) is 0.716. The van der Waals surface area contributed by atoms with Crippen LogP contribution in [0.15, 0.2) is 42.6 Å². The predicted octanol–water partition coefficient (Wildman–Crippen LogP) is 3.68. The first-order valence-electron chi connectivity index (χ1n) is 5.92. The molecular formula is C15H10FNO2S. The van der Waals surface area contributed by atoms with Crippen molar-refractivity contribution in [1.82, 2.24) is 4.98 Å². The molecule has 3 aromatic rings. The lowest BCUT2D eigenvalue weighted by atomic mass is 10.2. The van der Waals surface area contributed by atoms with Crippen LogP contribution in [0.25, 0.3) is 10.1 Å². The number of methoxy groups -OCH3 is 1. The van der Waals surface area contributed by atoms with Gasteiger partial charge in [-0.05, 0) is 41.8 Å². The maximum absolute atomic E-state index is 13.2. The molecule has 1 aromatic carbocycles. The van der Waals surface area contributed by atoms with E-state index in [0.717, 1.165) is 4.70 Å². The number of carbonyl (C=O) groups is 1. The van der Waals surface area contributed by atoms with Crippen molar-refractivity contribution in [2.24, 2.45) is 0 Å². The summed E-state index contributed by atoms with van der Waals surface area (Å²) in [5.41, 5.74) is 0.266. The number of fused-ring (bicyclic) bond motifs is 1. The fraction of sp³-hybridized carbons (Fsp3) is 0.0667. The quantitative estimate of drug-likeness (QED) is 0.690. The number of ether oxygens (including phenoxy) is 1. The number of thiophene rings is 1. The van der Waals surface area contributed by atoms with Crippen LogP contribution in [-0.2, 0) is 0 Å². The zero-order chi connectivity index (χ0) is 14.1. The molecule has 0 unspecified atom stereocenters. The highest BCUT2D eigenvalue weighted by molar-refractivity contribution is 7.21. The largest absolute Gasteiger partial charge is 0.494 e. The smallest absolute Gasteiger partial charge is 0.225 e. The third kappa shape index (κ3) is 2.16. The van der Waals surface area contributed by atoms with E-state index in [4.69, 9.17) is 4.74 Å². The minimum Gasteiger partial charge on any atom is -0.494 e. The Balaban J connectivity index is 2.08. The average Bonchev–Trinajstić information content (AvgIpc) is 2.89. The van der Waals surface area contributed by atoms with E-state index in [2.05, 4.69) is 4.98 Å². The molecule has 100 valence electrons. The fourth-order valence-electron chi connectivity index (χ4n) is 1.97. The van der Waals surface area contributed by atoms with Crippen molar-refractivity contribution in [2.75, 3.05) is 7.11 Å². The Kier molecular flexibility index (Phi) is 3.20. The van der Waals surface area contributed by atoms with Crippen LogP contribution < -0.4 is 4.74 Å². The van der Waals surface area contributed by atoms with Crippen molar-refractivity contribution in [3.8, 4) is 5.75 Å². The zero-order valence-electron chi connectivity index (χ0n) is 10.6. The maximum atomic E-state index is 13.2. The summed E-state index contributed by atoms with van der Waals surface area (Å²) in [6.45, 7) is 0. The molecule has 0 spiro atoms. The van der Waals surface area contributed by atoms with Gasteiger partial charge in [0.1, 0.15) is 11.6 Å². The Morgan fingerprint density at radius 2 is 2.15 bits per heavy atom. The first-order valence-corrected chi connectivity index (χ1v) is 6.73. The summed E-state index contributed by atoms with van der Waals surface area (Å²) in [5.74, 6) is -0.102. The number of pyridine rings is 1. The molecule has 0 fully saturated rings. The Bertz CT molecular complexity index is 797. The van der Waals surface area contributed by atoms with E-state index < -0.39 is 0 Å². The van der Waals surface area contributed by atoms with Crippen LogP contribution in [0.2, 0.25) is 0 Å². The van der Waals surface area contributed by atoms with Gasteiger partial charge in [0.25, 0.3) is 0 Å². The van der Waals surface area contributed by atoms with E-state index in [1.807, 2.05) is 0 Å². The van der Waals surface area contributed by atoms with Crippen molar-refractivity contribution in [1.29, 1.82) is 0 Å². The number of rotatable bonds is 3. The topological polar surface area (TPSA) is 39.2 Å². The van der Waals surface area contributed by atoms with E-state index in [1.54, 1.807) is 30.5 Å². The van der Waals surface area contributed by atoms with Gasteiger partial charge in [0.15, 0.2) is 5.69 Å². The highest BCUT2D eigenvalue weighted by Crippen LogP contribution is 2.29. The first-order chi connectivity index (χ1) is 9.69. The van der Waals surface area contributed by atoms with Crippen LogP contribution in [0.4, 0.5) is 4.39 Å². The van der Waals surface area contributed by atoms with E-state index in [9.17, 15) is 9.18 Å². The minimum atomic E-state index is -0.315. The van der Waals surface area contributed by atoms with E-state index in [0.29, 0.717) is 16.0 Å². The average molecular weight is 287 g/mol. The standard InChI is InChI=1S/C15H10FNO2S/c1-19-11-3-2-6-17-14(11)15(18)13-8-9-7-10(16)4-5-12(9)20-13/h2-8H,1H3. The second-order valence-electron chi connectivity index (χ2n) is 4.18. The molecule has 20 heavy (non-hydrogen) atoms. The number of hydrogen-bond donors (Lipinski definition) is 0. The van der Waals surface area contributed by atoms with Gasteiger partial charge in [0, 0.05) is 10.9 Å². The molecule has 3 nitrogen and oxygen atoms in total. The Hall–Kier alpha value is -2.27. The number of carbonyl (C=O) groups excluding carboxylic acids is 1. The zero-order valence-corrected chi connectivity index (χ0v) is 11.4. The van der Waals surface area contributed by atoms with Crippen LogP contribution in [0.1, 0.15) is 15.4 Å². The molecule has 0 saturated carbocycles. The number of halogens is 1. The van der Waals surface area contributed by atoms with Gasteiger partial charge in [-0.3, -0.25) is 4.79 Å². The molecule has 2 heterocycles. The number of aromatic nitrogens is 1. The predicted molar refractivity (Wildman–Crippen MR) is 76.0 cm³/mol. The van der Waals surface area contributed by atoms with E-state index >= 15 is 0 Å². The molecule has 5 heteroatoms. The van der Waals surface area contributed by atoms with Crippen LogP contribution >= 0.6 is 11.3 Å². The molecular weight excluding hydrogens is 277 g/mol. The van der Waals surface area contributed by atoms with Gasteiger partial charge in [-0.25, -0.2) is 9.37 Å². The number of benzene rings is 1. The van der Waals surface area contributed by atoms with Crippen molar-refractivity contribution in [2.45, 2.75) is 0 Å². The lowest BCUT2D eigenvalue weighted by molar-refractivity contribution is 0.103. The maximum Gasteiger partial charge on any atom is 0.225 e. The number of ketones is 1. The van der Waals surface area contributed by atoms with Crippen LogP contribution in [-0.4, -0.2) is 17.9 Å². The normalized spacial score (nSPS) is 10.7. The molecule has 0 radical (unpaired) electrons. The first kappa shape index (κ1) is 12.7.